The summed E-state index contributed by atoms with van der Waals surface area (Å²) >= 11 is 0. The highest BCUT2D eigenvalue weighted by Gasteiger charge is 2.17. The first-order chi connectivity index (χ1) is 11.7. The fourth-order valence-electron chi connectivity index (χ4n) is 2.34. The number of aryl methyl sites for hydroxylation is 2. The summed E-state index contributed by atoms with van der Waals surface area (Å²) in [7, 11) is -0.600. The van der Waals surface area contributed by atoms with Gasteiger partial charge in [-0.25, -0.2) is 12.7 Å². The minimum absolute atomic E-state index is 0.0918. The smallest absolute Gasteiger partial charge is 0.243 e. The molecule has 0 bridgehead atoms. The average molecular weight is 361 g/mol. The van der Waals surface area contributed by atoms with Crippen molar-refractivity contribution >= 4 is 27.3 Å². The van der Waals surface area contributed by atoms with Crippen LogP contribution >= 0.6 is 0 Å². The van der Waals surface area contributed by atoms with Gasteiger partial charge in [0.2, 0.25) is 15.9 Å². The number of rotatable bonds is 6. The van der Waals surface area contributed by atoms with Gasteiger partial charge >= 0.3 is 0 Å². The molecule has 0 aliphatic heterocycles. The van der Waals surface area contributed by atoms with Crippen molar-refractivity contribution in [2.45, 2.75) is 18.7 Å². The standard InChI is InChI=1S/C18H23N3O3S/c1-13-8-9-17(14(2)10-13)19-12-18(22)20-15-6-5-7-16(11-15)25(23,24)21(3)4/h5-11,19H,12H2,1-4H3,(H,20,22). The molecule has 0 fully saturated rings. The first kappa shape index (κ1) is 19.0. The molecule has 2 aromatic rings. The fraction of sp³-hybridized carbons (Fsp3) is 0.278. The van der Waals surface area contributed by atoms with Crippen LogP contribution in [-0.2, 0) is 14.8 Å². The molecule has 1 amide bonds. The molecule has 7 heteroatoms. The van der Waals surface area contributed by atoms with E-state index in [-0.39, 0.29) is 17.3 Å². The maximum Gasteiger partial charge on any atom is 0.243 e. The Morgan fingerprint density at radius 3 is 2.44 bits per heavy atom. The third kappa shape index (κ3) is 4.80. The van der Waals surface area contributed by atoms with Crippen LogP contribution in [0.4, 0.5) is 11.4 Å². The molecule has 134 valence electrons. The predicted molar refractivity (Wildman–Crippen MR) is 100 cm³/mol. The van der Waals surface area contributed by atoms with E-state index in [9.17, 15) is 13.2 Å². The summed E-state index contributed by atoms with van der Waals surface area (Å²) < 4.78 is 25.4. The zero-order chi connectivity index (χ0) is 18.6. The maximum atomic E-state index is 12.1. The lowest BCUT2D eigenvalue weighted by Crippen LogP contribution is -2.24. The van der Waals surface area contributed by atoms with Gasteiger partial charge in [0.15, 0.2) is 0 Å². The molecule has 0 radical (unpaired) electrons. The minimum Gasteiger partial charge on any atom is -0.376 e. The van der Waals surface area contributed by atoms with Crippen molar-refractivity contribution in [3.05, 3.63) is 53.6 Å². The Morgan fingerprint density at radius 2 is 1.80 bits per heavy atom. The number of nitrogens with zero attached hydrogens (tertiary/aromatic N) is 1. The summed E-state index contributed by atoms with van der Waals surface area (Å²) in [6.07, 6.45) is 0. The summed E-state index contributed by atoms with van der Waals surface area (Å²) in [5, 5.41) is 5.79. The van der Waals surface area contributed by atoms with Gasteiger partial charge in [0.1, 0.15) is 0 Å². The third-order valence-corrected chi connectivity index (χ3v) is 5.53. The molecule has 0 aromatic heterocycles. The molecule has 0 unspecified atom stereocenters. The van der Waals surface area contributed by atoms with E-state index >= 15 is 0 Å². The molecule has 0 heterocycles. The number of benzene rings is 2. The zero-order valence-electron chi connectivity index (χ0n) is 14.8. The van der Waals surface area contributed by atoms with Crippen LogP contribution in [0.2, 0.25) is 0 Å². The monoisotopic (exact) mass is 361 g/mol. The second kappa shape index (κ2) is 7.67. The van der Waals surface area contributed by atoms with Gasteiger partial charge in [-0.15, -0.1) is 0 Å². The molecule has 2 rings (SSSR count). The lowest BCUT2D eigenvalue weighted by atomic mass is 10.1. The topological polar surface area (TPSA) is 78.5 Å². The lowest BCUT2D eigenvalue weighted by molar-refractivity contribution is -0.114. The normalized spacial score (nSPS) is 11.4. The van der Waals surface area contributed by atoms with Gasteiger partial charge in [-0.2, -0.15) is 0 Å². The van der Waals surface area contributed by atoms with Crippen LogP contribution in [0.5, 0.6) is 0 Å². The van der Waals surface area contributed by atoms with Gasteiger partial charge in [0.25, 0.3) is 0 Å². The van der Waals surface area contributed by atoms with Crippen LogP contribution < -0.4 is 10.6 Å². The summed E-state index contributed by atoms with van der Waals surface area (Å²) in [5.74, 6) is -0.251. The Balaban J connectivity index is 2.03. The van der Waals surface area contributed by atoms with E-state index in [0.717, 1.165) is 21.1 Å². The molecule has 2 aromatic carbocycles. The fourth-order valence-corrected chi connectivity index (χ4v) is 3.29. The highest BCUT2D eigenvalue weighted by Crippen LogP contribution is 2.18. The van der Waals surface area contributed by atoms with E-state index in [1.165, 1.54) is 26.2 Å². The number of anilines is 2. The highest BCUT2D eigenvalue weighted by atomic mass is 32.2. The van der Waals surface area contributed by atoms with Crippen molar-refractivity contribution in [3.8, 4) is 0 Å². The molecule has 0 aliphatic carbocycles. The molecule has 0 aliphatic rings. The van der Waals surface area contributed by atoms with Crippen molar-refractivity contribution < 1.29 is 13.2 Å². The third-order valence-electron chi connectivity index (χ3n) is 3.72. The Hall–Kier alpha value is -2.38. The van der Waals surface area contributed by atoms with E-state index < -0.39 is 10.0 Å². The van der Waals surface area contributed by atoms with E-state index in [0.29, 0.717) is 5.69 Å². The number of nitrogens with one attached hydrogen (secondary N) is 2. The van der Waals surface area contributed by atoms with Crippen LogP contribution in [-0.4, -0.2) is 39.3 Å². The van der Waals surface area contributed by atoms with Crippen molar-refractivity contribution in [1.82, 2.24) is 4.31 Å². The minimum atomic E-state index is -3.53. The molecule has 0 saturated heterocycles. The summed E-state index contributed by atoms with van der Waals surface area (Å²) in [5.41, 5.74) is 3.55. The van der Waals surface area contributed by atoms with Gasteiger partial charge < -0.3 is 10.6 Å². The SMILES string of the molecule is Cc1ccc(NCC(=O)Nc2cccc(S(=O)(=O)N(C)C)c2)c(C)c1. The predicted octanol–water partition coefficient (Wildman–Crippen LogP) is 2.60. The summed E-state index contributed by atoms with van der Waals surface area (Å²) in [4.78, 5) is 12.3. The van der Waals surface area contributed by atoms with Crippen LogP contribution in [0.15, 0.2) is 47.4 Å². The number of carbonyl (C=O) groups is 1. The largest absolute Gasteiger partial charge is 0.376 e. The number of hydrogen-bond acceptors (Lipinski definition) is 4. The number of amides is 1. The van der Waals surface area contributed by atoms with Crippen LogP contribution in [0.3, 0.4) is 0 Å². The first-order valence-corrected chi connectivity index (χ1v) is 9.28. The highest BCUT2D eigenvalue weighted by molar-refractivity contribution is 7.89. The van der Waals surface area contributed by atoms with Crippen LogP contribution in [0.1, 0.15) is 11.1 Å². The quantitative estimate of drug-likeness (QED) is 0.829. The van der Waals surface area contributed by atoms with Crippen molar-refractivity contribution in [2.24, 2.45) is 0 Å². The van der Waals surface area contributed by atoms with Crippen LogP contribution in [0.25, 0.3) is 0 Å². The summed E-state index contributed by atoms with van der Waals surface area (Å²) in [6.45, 7) is 4.08. The Bertz CT molecular complexity index is 877. The number of hydrogen-bond donors (Lipinski definition) is 2. The molecule has 6 nitrogen and oxygen atoms in total. The van der Waals surface area contributed by atoms with Crippen molar-refractivity contribution in [3.63, 3.8) is 0 Å². The Labute approximate surface area is 148 Å². The first-order valence-electron chi connectivity index (χ1n) is 7.84. The maximum absolute atomic E-state index is 12.1. The molecule has 2 N–H and O–H groups in total. The van der Waals surface area contributed by atoms with E-state index in [1.807, 2.05) is 32.0 Å². The summed E-state index contributed by atoms with van der Waals surface area (Å²) in [6, 6.07) is 12.2. The van der Waals surface area contributed by atoms with Gasteiger partial charge in [-0.3, -0.25) is 4.79 Å². The lowest BCUT2D eigenvalue weighted by Gasteiger charge is -2.13. The average Bonchev–Trinajstić information content (AvgIpc) is 2.54. The van der Waals surface area contributed by atoms with Gasteiger partial charge in [0, 0.05) is 25.5 Å². The van der Waals surface area contributed by atoms with Crippen molar-refractivity contribution in [2.75, 3.05) is 31.3 Å². The zero-order valence-corrected chi connectivity index (χ0v) is 15.6. The van der Waals surface area contributed by atoms with E-state index in [1.54, 1.807) is 12.1 Å². The molecule has 0 atom stereocenters. The Kier molecular flexibility index (Phi) is 5.81. The van der Waals surface area contributed by atoms with Crippen molar-refractivity contribution in [1.29, 1.82) is 0 Å². The van der Waals surface area contributed by atoms with Crippen LogP contribution in [0, 0.1) is 13.8 Å². The molecule has 0 saturated carbocycles. The number of carbonyl (C=O) groups excluding carboxylic acids is 1. The molecular formula is C18H23N3O3S. The van der Waals surface area contributed by atoms with Gasteiger partial charge in [-0.05, 0) is 43.7 Å². The number of sulfonamides is 1. The van der Waals surface area contributed by atoms with E-state index in [2.05, 4.69) is 10.6 Å². The Morgan fingerprint density at radius 1 is 1.08 bits per heavy atom. The molecular weight excluding hydrogens is 338 g/mol. The second-order valence-corrected chi connectivity index (χ2v) is 8.19. The van der Waals surface area contributed by atoms with E-state index in [4.69, 9.17) is 0 Å². The second-order valence-electron chi connectivity index (χ2n) is 6.04. The molecule has 25 heavy (non-hydrogen) atoms. The van der Waals surface area contributed by atoms with Gasteiger partial charge in [0.05, 0.1) is 11.4 Å². The molecule has 0 spiro atoms. The van der Waals surface area contributed by atoms with Gasteiger partial charge in [-0.1, -0.05) is 23.8 Å².